The molecule has 5 N–H and O–H groups in total. The summed E-state index contributed by atoms with van der Waals surface area (Å²) in [5.74, 6) is -1.78. The summed E-state index contributed by atoms with van der Waals surface area (Å²) in [6.45, 7) is 0. The van der Waals surface area contributed by atoms with Gasteiger partial charge in [0.1, 0.15) is 17.2 Å². The highest BCUT2D eigenvalue weighted by atomic mass is 19.1. The molecule has 0 spiro atoms. The monoisotopic (exact) mass is 438 g/mol. The molecule has 0 unspecified atom stereocenters. The van der Waals surface area contributed by atoms with E-state index in [1.807, 2.05) is 6.07 Å². The number of hydrogen-bond acceptors (Lipinski definition) is 6. The summed E-state index contributed by atoms with van der Waals surface area (Å²) in [6.07, 6.45) is 4.62. The Labute approximate surface area is 184 Å². The first kappa shape index (κ1) is 22.0. The molecule has 3 aromatic rings. The number of carbonyl (C=O) groups is 1. The van der Waals surface area contributed by atoms with Crippen LogP contribution in [0.5, 0.6) is 0 Å². The first-order chi connectivity index (χ1) is 15.3. The van der Waals surface area contributed by atoms with Crippen molar-refractivity contribution in [3.8, 4) is 11.3 Å². The Morgan fingerprint density at radius 1 is 1.16 bits per heavy atom. The standard InChI is InChI=1S/C24H24F2N4O2/c25-17-4-2-1-3-16(17)23-18(26)11-20(28)24(30-23)22(32)10-14-12-29-8-7-15(14)13-5-6-21(31)19(27)9-13/h1-4,7-8,11-13,19,21,31H,5-6,9-10,27-28H2/t13-,19-,21+/m1/s1. The molecule has 1 saturated carbocycles. The highest BCUT2D eigenvalue weighted by Crippen LogP contribution is 2.34. The predicted molar refractivity (Wildman–Crippen MR) is 117 cm³/mol. The molecule has 1 aliphatic carbocycles. The summed E-state index contributed by atoms with van der Waals surface area (Å²) in [7, 11) is 0. The van der Waals surface area contributed by atoms with Crippen LogP contribution in [0.25, 0.3) is 11.3 Å². The number of hydrogen-bond donors (Lipinski definition) is 3. The molecule has 32 heavy (non-hydrogen) atoms. The fraction of sp³-hybridized carbons (Fsp3) is 0.292. The maximum Gasteiger partial charge on any atom is 0.187 e. The number of Topliss-reactive ketones (excluding diaryl/α,β-unsaturated/α-hetero) is 1. The number of aliphatic hydroxyl groups excluding tert-OH is 1. The number of pyridine rings is 2. The molecule has 2 heterocycles. The quantitative estimate of drug-likeness (QED) is 0.526. The van der Waals surface area contributed by atoms with Gasteiger partial charge in [-0.2, -0.15) is 0 Å². The van der Waals surface area contributed by atoms with Gasteiger partial charge < -0.3 is 16.6 Å². The van der Waals surface area contributed by atoms with Crippen LogP contribution in [0.3, 0.4) is 0 Å². The van der Waals surface area contributed by atoms with Crippen LogP contribution >= 0.6 is 0 Å². The normalized spacial score (nSPS) is 20.8. The summed E-state index contributed by atoms with van der Waals surface area (Å²) in [4.78, 5) is 21.4. The molecule has 0 bridgehead atoms. The van der Waals surface area contributed by atoms with Crippen LogP contribution in [-0.2, 0) is 6.42 Å². The van der Waals surface area contributed by atoms with Gasteiger partial charge in [-0.05, 0) is 54.5 Å². The molecular formula is C24H24F2N4O2. The minimum atomic E-state index is -0.805. The van der Waals surface area contributed by atoms with Gasteiger partial charge in [-0.3, -0.25) is 9.78 Å². The van der Waals surface area contributed by atoms with Crippen molar-refractivity contribution in [2.45, 2.75) is 43.7 Å². The van der Waals surface area contributed by atoms with E-state index in [4.69, 9.17) is 11.5 Å². The van der Waals surface area contributed by atoms with Crippen LogP contribution in [-0.4, -0.2) is 33.0 Å². The van der Waals surface area contributed by atoms with Crippen molar-refractivity contribution >= 4 is 11.5 Å². The van der Waals surface area contributed by atoms with Crippen molar-refractivity contribution in [2.24, 2.45) is 5.73 Å². The van der Waals surface area contributed by atoms with E-state index in [0.29, 0.717) is 18.4 Å². The lowest BCUT2D eigenvalue weighted by molar-refractivity contribution is 0.0977. The average Bonchev–Trinajstić information content (AvgIpc) is 2.77. The van der Waals surface area contributed by atoms with Crippen molar-refractivity contribution < 1.29 is 18.7 Å². The van der Waals surface area contributed by atoms with E-state index in [1.165, 1.54) is 18.2 Å². The second-order valence-corrected chi connectivity index (χ2v) is 8.15. The number of ketones is 1. The van der Waals surface area contributed by atoms with Crippen LogP contribution in [0.4, 0.5) is 14.5 Å². The van der Waals surface area contributed by atoms with Gasteiger partial charge in [-0.1, -0.05) is 12.1 Å². The van der Waals surface area contributed by atoms with Crippen LogP contribution < -0.4 is 11.5 Å². The maximum absolute atomic E-state index is 14.5. The number of halogens is 2. The van der Waals surface area contributed by atoms with Crippen molar-refractivity contribution in [3.05, 3.63) is 77.2 Å². The van der Waals surface area contributed by atoms with Crippen molar-refractivity contribution in [2.75, 3.05) is 5.73 Å². The Morgan fingerprint density at radius 3 is 2.69 bits per heavy atom. The average molecular weight is 438 g/mol. The van der Waals surface area contributed by atoms with Gasteiger partial charge in [0.25, 0.3) is 0 Å². The Kier molecular flexibility index (Phi) is 6.25. The third kappa shape index (κ3) is 4.37. The predicted octanol–water partition coefficient (Wildman–Crippen LogP) is 3.39. The second kappa shape index (κ2) is 9.10. The first-order valence-electron chi connectivity index (χ1n) is 10.5. The van der Waals surface area contributed by atoms with Crippen molar-refractivity contribution in [1.82, 2.24) is 9.97 Å². The lowest BCUT2D eigenvalue weighted by Crippen LogP contribution is -2.39. The minimum absolute atomic E-state index is 0.0446. The third-order valence-electron chi connectivity index (χ3n) is 5.99. The fourth-order valence-electron chi connectivity index (χ4n) is 4.28. The lowest BCUT2D eigenvalue weighted by atomic mass is 9.78. The third-order valence-corrected chi connectivity index (χ3v) is 5.99. The lowest BCUT2D eigenvalue weighted by Gasteiger charge is -2.32. The summed E-state index contributed by atoms with van der Waals surface area (Å²) < 4.78 is 28.7. The van der Waals surface area contributed by atoms with Crippen molar-refractivity contribution in [3.63, 3.8) is 0 Å². The zero-order chi connectivity index (χ0) is 22.8. The maximum atomic E-state index is 14.5. The highest BCUT2D eigenvalue weighted by Gasteiger charge is 2.29. The van der Waals surface area contributed by atoms with E-state index in [-0.39, 0.29) is 41.0 Å². The Bertz CT molecular complexity index is 1150. The molecule has 6 nitrogen and oxygen atoms in total. The van der Waals surface area contributed by atoms with E-state index in [1.54, 1.807) is 18.5 Å². The highest BCUT2D eigenvalue weighted by molar-refractivity contribution is 6.00. The number of nitrogen functional groups attached to an aromatic ring is 1. The number of nitrogens with two attached hydrogens (primary N) is 2. The summed E-state index contributed by atoms with van der Waals surface area (Å²) in [5.41, 5.74) is 13.0. The van der Waals surface area contributed by atoms with Gasteiger partial charge in [0, 0.05) is 36.5 Å². The number of benzene rings is 1. The topological polar surface area (TPSA) is 115 Å². The first-order valence-corrected chi connectivity index (χ1v) is 10.5. The van der Waals surface area contributed by atoms with E-state index in [9.17, 15) is 18.7 Å². The van der Waals surface area contributed by atoms with Gasteiger partial charge in [0.05, 0.1) is 11.8 Å². The molecule has 0 amide bonds. The molecule has 2 aromatic heterocycles. The molecule has 3 atom stereocenters. The minimum Gasteiger partial charge on any atom is -0.397 e. The van der Waals surface area contributed by atoms with Gasteiger partial charge >= 0.3 is 0 Å². The van der Waals surface area contributed by atoms with Crippen LogP contribution in [0.2, 0.25) is 0 Å². The van der Waals surface area contributed by atoms with Crippen LogP contribution in [0, 0.1) is 11.6 Å². The Hall–Kier alpha value is -3.23. The molecule has 166 valence electrons. The smallest absolute Gasteiger partial charge is 0.187 e. The van der Waals surface area contributed by atoms with Gasteiger partial charge in [-0.15, -0.1) is 0 Å². The molecule has 8 heteroatoms. The molecule has 4 rings (SSSR count). The van der Waals surface area contributed by atoms with Gasteiger partial charge in [-0.25, -0.2) is 13.8 Å². The number of anilines is 1. The van der Waals surface area contributed by atoms with E-state index < -0.39 is 23.5 Å². The van der Waals surface area contributed by atoms with Gasteiger partial charge in [0.2, 0.25) is 0 Å². The number of nitrogens with zero attached hydrogens (tertiary/aromatic N) is 2. The van der Waals surface area contributed by atoms with Crippen molar-refractivity contribution in [1.29, 1.82) is 0 Å². The van der Waals surface area contributed by atoms with E-state index in [2.05, 4.69) is 9.97 Å². The molecule has 1 aromatic carbocycles. The number of rotatable bonds is 5. The van der Waals surface area contributed by atoms with Gasteiger partial charge in [0.15, 0.2) is 11.6 Å². The molecule has 1 fully saturated rings. The Balaban J connectivity index is 1.65. The number of aliphatic hydroxyl groups is 1. The summed E-state index contributed by atoms with van der Waals surface area (Å²) in [5, 5.41) is 9.93. The largest absolute Gasteiger partial charge is 0.397 e. The number of aromatic nitrogens is 2. The zero-order valence-corrected chi connectivity index (χ0v) is 17.3. The SMILES string of the molecule is Nc1cc(F)c(-c2ccccc2F)nc1C(=O)Cc1cnccc1[C@@H]1CC[C@H](O)[C@H](N)C1. The number of carbonyl (C=O) groups excluding carboxylic acids is 1. The fourth-order valence-corrected chi connectivity index (χ4v) is 4.28. The summed E-state index contributed by atoms with van der Waals surface area (Å²) >= 11 is 0. The molecule has 0 aliphatic heterocycles. The second-order valence-electron chi connectivity index (χ2n) is 8.15. The van der Waals surface area contributed by atoms with Crippen LogP contribution in [0.1, 0.15) is 46.8 Å². The van der Waals surface area contributed by atoms with E-state index >= 15 is 0 Å². The van der Waals surface area contributed by atoms with Crippen LogP contribution in [0.15, 0.2) is 48.8 Å². The summed E-state index contributed by atoms with van der Waals surface area (Å²) in [6, 6.07) is 8.15. The van der Waals surface area contributed by atoms with E-state index in [0.717, 1.165) is 18.1 Å². The zero-order valence-electron chi connectivity index (χ0n) is 17.3. The molecule has 0 saturated heterocycles. The molecular weight excluding hydrogens is 414 g/mol. The Morgan fingerprint density at radius 2 is 1.94 bits per heavy atom. The molecule has 0 radical (unpaired) electrons. The molecule has 1 aliphatic rings.